The fourth-order valence-electron chi connectivity index (χ4n) is 5.42. The summed E-state index contributed by atoms with van der Waals surface area (Å²) < 4.78 is 5.61. The lowest BCUT2D eigenvalue weighted by molar-refractivity contribution is -0.145. The van der Waals surface area contributed by atoms with Crippen molar-refractivity contribution in [3.63, 3.8) is 0 Å². The number of hydrogen-bond donors (Lipinski definition) is 3. The number of ether oxygens (including phenoxy) is 1. The second kappa shape index (κ2) is 10.9. The topological polar surface area (TPSA) is 105 Å². The van der Waals surface area contributed by atoms with Gasteiger partial charge in [0.1, 0.15) is 12.6 Å². The zero-order valence-corrected chi connectivity index (χ0v) is 20.3. The van der Waals surface area contributed by atoms with E-state index in [-0.39, 0.29) is 30.3 Å². The van der Waals surface area contributed by atoms with Crippen molar-refractivity contribution in [3.05, 3.63) is 59.7 Å². The van der Waals surface area contributed by atoms with Gasteiger partial charge in [0, 0.05) is 12.5 Å². The second-order valence-electron chi connectivity index (χ2n) is 9.93. The number of carbonyl (C=O) groups excluding carboxylic acids is 2. The van der Waals surface area contributed by atoms with Crippen molar-refractivity contribution in [3.8, 4) is 11.1 Å². The van der Waals surface area contributed by atoms with Crippen molar-refractivity contribution in [2.75, 3.05) is 13.2 Å². The zero-order valence-electron chi connectivity index (χ0n) is 20.3. The quantitative estimate of drug-likeness (QED) is 0.516. The van der Waals surface area contributed by atoms with E-state index in [0.717, 1.165) is 41.5 Å². The Morgan fingerprint density at radius 3 is 2.17 bits per heavy atom. The Morgan fingerprint density at radius 2 is 1.57 bits per heavy atom. The predicted octanol–water partition coefficient (Wildman–Crippen LogP) is 4.56. The number of nitrogens with one attached hydrogen (secondary N) is 2. The predicted molar refractivity (Wildman–Crippen MR) is 133 cm³/mol. The number of fused-ring (bicyclic) bond motifs is 3. The lowest BCUT2D eigenvalue weighted by Gasteiger charge is -2.29. The third-order valence-corrected chi connectivity index (χ3v) is 7.33. The molecule has 0 heterocycles. The Hall–Kier alpha value is -3.35. The second-order valence-corrected chi connectivity index (χ2v) is 9.93. The van der Waals surface area contributed by atoms with Crippen LogP contribution >= 0.6 is 0 Å². The van der Waals surface area contributed by atoms with Gasteiger partial charge in [0.05, 0.1) is 5.92 Å². The van der Waals surface area contributed by atoms with Crippen molar-refractivity contribution < 1.29 is 24.2 Å². The first-order chi connectivity index (χ1) is 16.9. The largest absolute Gasteiger partial charge is 0.481 e. The van der Waals surface area contributed by atoms with E-state index < -0.39 is 24.0 Å². The third-order valence-electron chi connectivity index (χ3n) is 7.33. The molecule has 0 saturated heterocycles. The Balaban J connectivity index is 1.35. The molecule has 2 aliphatic rings. The van der Waals surface area contributed by atoms with Gasteiger partial charge in [-0.1, -0.05) is 75.2 Å². The molecule has 0 spiro atoms. The van der Waals surface area contributed by atoms with Gasteiger partial charge in [-0.25, -0.2) is 4.79 Å². The van der Waals surface area contributed by atoms with Crippen molar-refractivity contribution in [2.24, 2.45) is 17.8 Å². The highest BCUT2D eigenvalue weighted by Gasteiger charge is 2.33. The molecule has 3 atom stereocenters. The summed E-state index contributed by atoms with van der Waals surface area (Å²) in [5, 5.41) is 15.1. The molecule has 4 rings (SSSR count). The lowest BCUT2D eigenvalue weighted by Crippen LogP contribution is -2.51. The van der Waals surface area contributed by atoms with Crippen molar-refractivity contribution in [2.45, 2.75) is 51.5 Å². The van der Waals surface area contributed by atoms with Crippen LogP contribution in [-0.2, 0) is 14.3 Å². The van der Waals surface area contributed by atoms with Crippen LogP contribution in [0.1, 0.15) is 56.6 Å². The highest BCUT2D eigenvalue weighted by molar-refractivity contribution is 5.86. The van der Waals surface area contributed by atoms with Gasteiger partial charge in [-0.2, -0.15) is 0 Å². The SMILES string of the molecule is CC(C)[C@@H](NC(=O)OCC1c2ccccc2-c2ccccc21)C(=O)NC[C@@H]1CCCC[C@@H]1C(=O)O. The minimum Gasteiger partial charge on any atom is -0.481 e. The molecule has 2 aromatic rings. The summed E-state index contributed by atoms with van der Waals surface area (Å²) in [6, 6.07) is 15.5. The molecule has 2 aliphatic carbocycles. The van der Waals surface area contributed by atoms with Crippen LogP contribution in [0.2, 0.25) is 0 Å². The van der Waals surface area contributed by atoms with Crippen molar-refractivity contribution in [1.82, 2.24) is 10.6 Å². The maximum Gasteiger partial charge on any atom is 0.407 e. The molecule has 0 bridgehead atoms. The molecule has 186 valence electrons. The number of amides is 2. The summed E-state index contributed by atoms with van der Waals surface area (Å²) in [7, 11) is 0. The first-order valence-corrected chi connectivity index (χ1v) is 12.5. The normalized spacial score (nSPS) is 20.0. The summed E-state index contributed by atoms with van der Waals surface area (Å²) in [6.45, 7) is 4.18. The van der Waals surface area contributed by atoms with E-state index in [4.69, 9.17) is 4.74 Å². The van der Waals surface area contributed by atoms with E-state index in [1.807, 2.05) is 38.1 Å². The third kappa shape index (κ3) is 5.50. The average Bonchev–Trinajstić information content (AvgIpc) is 3.18. The molecule has 7 heteroatoms. The molecule has 2 amide bonds. The molecular weight excluding hydrogens is 444 g/mol. The van der Waals surface area contributed by atoms with Crippen LogP contribution in [0.25, 0.3) is 11.1 Å². The summed E-state index contributed by atoms with van der Waals surface area (Å²) in [5.41, 5.74) is 4.55. The van der Waals surface area contributed by atoms with Gasteiger partial charge in [0.25, 0.3) is 0 Å². The molecule has 0 unspecified atom stereocenters. The summed E-state index contributed by atoms with van der Waals surface area (Å²) in [4.78, 5) is 37.1. The van der Waals surface area contributed by atoms with E-state index in [2.05, 4.69) is 34.9 Å². The van der Waals surface area contributed by atoms with E-state index in [0.29, 0.717) is 13.0 Å². The number of carboxylic acids is 1. The van der Waals surface area contributed by atoms with Crippen LogP contribution in [-0.4, -0.2) is 42.3 Å². The van der Waals surface area contributed by atoms with Crippen LogP contribution < -0.4 is 10.6 Å². The number of benzene rings is 2. The number of aliphatic carboxylic acids is 1. The van der Waals surface area contributed by atoms with Gasteiger partial charge >= 0.3 is 12.1 Å². The first-order valence-electron chi connectivity index (χ1n) is 12.5. The van der Waals surface area contributed by atoms with Crippen molar-refractivity contribution in [1.29, 1.82) is 0 Å². The van der Waals surface area contributed by atoms with E-state index in [9.17, 15) is 19.5 Å². The van der Waals surface area contributed by atoms with E-state index in [1.165, 1.54) is 0 Å². The molecule has 1 saturated carbocycles. The van der Waals surface area contributed by atoms with Gasteiger partial charge in [0.15, 0.2) is 0 Å². The molecule has 0 aliphatic heterocycles. The highest BCUT2D eigenvalue weighted by Crippen LogP contribution is 2.44. The smallest absolute Gasteiger partial charge is 0.407 e. The standard InChI is InChI=1S/C28H34N2O5/c1-17(2)25(26(31)29-15-18-9-3-4-10-19(18)27(32)33)30-28(34)35-16-24-22-13-7-5-11-20(22)21-12-6-8-14-23(21)24/h5-8,11-14,17-19,24-25H,3-4,9-10,15-16H2,1-2H3,(H,29,31)(H,30,34)(H,32,33)/t18-,19-,25+/m0/s1. The van der Waals surface area contributed by atoms with Crippen LogP contribution in [0.5, 0.6) is 0 Å². The molecule has 35 heavy (non-hydrogen) atoms. The highest BCUT2D eigenvalue weighted by atomic mass is 16.5. The van der Waals surface area contributed by atoms with Crippen LogP contribution in [0, 0.1) is 17.8 Å². The molecular formula is C28H34N2O5. The van der Waals surface area contributed by atoms with Crippen LogP contribution in [0.3, 0.4) is 0 Å². The Kier molecular flexibility index (Phi) is 7.73. The fourth-order valence-corrected chi connectivity index (χ4v) is 5.42. The fraction of sp³-hybridized carbons (Fsp3) is 0.464. The molecule has 0 aromatic heterocycles. The van der Waals surface area contributed by atoms with Gasteiger partial charge in [-0.3, -0.25) is 9.59 Å². The number of hydrogen-bond acceptors (Lipinski definition) is 4. The monoisotopic (exact) mass is 478 g/mol. The van der Waals surface area contributed by atoms with Crippen LogP contribution in [0.4, 0.5) is 4.79 Å². The van der Waals surface area contributed by atoms with Crippen LogP contribution in [0.15, 0.2) is 48.5 Å². The zero-order chi connectivity index (χ0) is 24.9. The molecule has 7 nitrogen and oxygen atoms in total. The summed E-state index contributed by atoms with van der Waals surface area (Å²) in [5.74, 6) is -1.86. The Labute approximate surface area is 206 Å². The summed E-state index contributed by atoms with van der Waals surface area (Å²) in [6.07, 6.45) is 2.65. The number of carbonyl (C=O) groups is 3. The first kappa shape index (κ1) is 24.8. The maximum atomic E-state index is 12.9. The van der Waals surface area contributed by atoms with Gasteiger partial charge < -0.3 is 20.5 Å². The summed E-state index contributed by atoms with van der Waals surface area (Å²) >= 11 is 0. The van der Waals surface area contributed by atoms with Crippen molar-refractivity contribution >= 4 is 18.0 Å². The van der Waals surface area contributed by atoms with Gasteiger partial charge in [-0.05, 0) is 46.9 Å². The number of rotatable bonds is 8. The minimum absolute atomic E-state index is 0.0567. The lowest BCUT2D eigenvalue weighted by atomic mass is 9.79. The molecule has 0 radical (unpaired) electrons. The molecule has 2 aromatic carbocycles. The van der Waals surface area contributed by atoms with E-state index in [1.54, 1.807) is 0 Å². The van der Waals surface area contributed by atoms with Gasteiger partial charge in [0.2, 0.25) is 5.91 Å². The van der Waals surface area contributed by atoms with Gasteiger partial charge in [-0.15, -0.1) is 0 Å². The molecule has 1 fully saturated rings. The number of alkyl carbamates (subject to hydrolysis) is 1. The molecule has 3 N–H and O–H groups in total. The maximum absolute atomic E-state index is 12.9. The average molecular weight is 479 g/mol. The Bertz CT molecular complexity index is 1040. The number of carboxylic acid groups (broad SMARTS) is 1. The van der Waals surface area contributed by atoms with E-state index >= 15 is 0 Å². The Morgan fingerprint density at radius 1 is 0.971 bits per heavy atom. The minimum atomic E-state index is -0.805.